The van der Waals surface area contributed by atoms with E-state index in [1.807, 2.05) is 50.2 Å². The molecule has 0 fully saturated rings. The Morgan fingerprint density at radius 3 is 2.71 bits per heavy atom. The van der Waals surface area contributed by atoms with Crippen molar-refractivity contribution in [3.05, 3.63) is 48.2 Å². The van der Waals surface area contributed by atoms with Crippen molar-refractivity contribution in [3.63, 3.8) is 0 Å². The maximum absolute atomic E-state index is 12.2. The number of urea groups is 1. The Bertz CT molecular complexity index is 1020. The first kappa shape index (κ1) is 19.4. The maximum atomic E-state index is 12.2. The van der Waals surface area contributed by atoms with Gasteiger partial charge in [-0.1, -0.05) is 37.3 Å². The number of rotatable bonds is 6. The highest BCUT2D eigenvalue weighted by atomic mass is 16.5. The Morgan fingerprint density at radius 2 is 1.93 bits per heavy atom. The van der Waals surface area contributed by atoms with Crippen molar-refractivity contribution >= 4 is 39.6 Å². The number of esters is 1. The van der Waals surface area contributed by atoms with Crippen LogP contribution < -0.4 is 10.6 Å². The molecule has 1 heterocycles. The van der Waals surface area contributed by atoms with E-state index >= 15 is 0 Å². The minimum absolute atomic E-state index is 0.0344. The quantitative estimate of drug-likeness (QED) is 0.638. The molecule has 0 bridgehead atoms. The fourth-order valence-corrected chi connectivity index (χ4v) is 2.88. The zero-order valence-electron chi connectivity index (χ0n) is 15.8. The predicted octanol–water partition coefficient (Wildman–Crippen LogP) is 3.30. The number of nitrogens with one attached hydrogen (secondary N) is 2. The second kappa shape index (κ2) is 8.56. The van der Waals surface area contributed by atoms with Gasteiger partial charge < -0.3 is 14.5 Å². The molecule has 0 spiro atoms. The molecule has 0 aliphatic rings. The van der Waals surface area contributed by atoms with Gasteiger partial charge in [0.2, 0.25) is 0 Å². The van der Waals surface area contributed by atoms with Gasteiger partial charge >= 0.3 is 12.0 Å². The fourth-order valence-electron chi connectivity index (χ4n) is 2.88. The summed E-state index contributed by atoms with van der Waals surface area (Å²) in [5.74, 6) is -1.26. The number of hydrogen-bond donors (Lipinski definition) is 2. The van der Waals surface area contributed by atoms with Crippen LogP contribution in [-0.4, -0.2) is 30.6 Å². The number of hydrogen-bond acceptors (Lipinski definition) is 5. The molecule has 1 aromatic heterocycles. The van der Waals surface area contributed by atoms with E-state index in [9.17, 15) is 14.4 Å². The molecule has 0 radical (unpaired) electrons. The molecule has 0 unspecified atom stereocenters. The third kappa shape index (κ3) is 4.49. The normalized spacial score (nSPS) is 11.9. The zero-order chi connectivity index (χ0) is 20.1. The number of ether oxygens (including phenoxy) is 1. The summed E-state index contributed by atoms with van der Waals surface area (Å²) >= 11 is 0. The minimum atomic E-state index is -0.684. The second-order valence-electron chi connectivity index (χ2n) is 6.59. The van der Waals surface area contributed by atoms with E-state index in [0.717, 1.165) is 22.6 Å². The number of amides is 3. The van der Waals surface area contributed by atoms with Crippen LogP contribution in [0.4, 0.5) is 4.79 Å². The first-order valence-corrected chi connectivity index (χ1v) is 9.11. The van der Waals surface area contributed by atoms with E-state index in [1.54, 1.807) is 0 Å². The highest BCUT2D eigenvalue weighted by Gasteiger charge is 2.16. The Kier molecular flexibility index (Phi) is 5.93. The van der Waals surface area contributed by atoms with Crippen molar-refractivity contribution in [1.29, 1.82) is 0 Å². The smallest absolute Gasteiger partial charge is 0.321 e. The molecule has 3 aromatic rings. The summed E-state index contributed by atoms with van der Waals surface area (Å²) in [6, 6.07) is 11.0. The van der Waals surface area contributed by atoms with Gasteiger partial charge in [0.05, 0.1) is 12.7 Å². The van der Waals surface area contributed by atoms with Crippen molar-refractivity contribution < 1.29 is 23.5 Å². The second-order valence-corrected chi connectivity index (χ2v) is 6.59. The number of carbonyl (C=O) groups is 3. The van der Waals surface area contributed by atoms with Gasteiger partial charge in [-0.2, -0.15) is 0 Å². The molecule has 146 valence electrons. The minimum Gasteiger partial charge on any atom is -0.464 e. The number of carbonyl (C=O) groups excluding carboxylic acids is 3. The van der Waals surface area contributed by atoms with Gasteiger partial charge in [-0.25, -0.2) is 4.79 Å². The van der Waals surface area contributed by atoms with Crippen LogP contribution in [-0.2, 0) is 20.7 Å². The van der Waals surface area contributed by atoms with Crippen molar-refractivity contribution in [2.75, 3.05) is 6.61 Å². The van der Waals surface area contributed by atoms with Gasteiger partial charge in [-0.15, -0.1) is 0 Å². The monoisotopic (exact) mass is 382 g/mol. The zero-order valence-corrected chi connectivity index (χ0v) is 15.8. The van der Waals surface area contributed by atoms with E-state index in [0.29, 0.717) is 11.1 Å². The lowest BCUT2D eigenvalue weighted by Gasteiger charge is -2.11. The standard InChI is InChI=1S/C21H22N2O5/c1-3-13(2)22-21(26)23-18(24)12-28-19(25)10-15-11-27-17-9-8-14-6-4-5-7-16(14)20(15)17/h4-9,11,13H,3,10,12H2,1-2H3,(H2,22,23,24,26)/t13-/m1/s1. The number of furan rings is 1. The van der Waals surface area contributed by atoms with Crippen LogP contribution in [0.5, 0.6) is 0 Å². The summed E-state index contributed by atoms with van der Waals surface area (Å²) in [4.78, 5) is 35.5. The van der Waals surface area contributed by atoms with Gasteiger partial charge in [-0.3, -0.25) is 14.9 Å². The molecule has 7 nitrogen and oxygen atoms in total. The summed E-state index contributed by atoms with van der Waals surface area (Å²) in [6.45, 7) is 3.21. The van der Waals surface area contributed by atoms with Gasteiger partial charge in [0.1, 0.15) is 5.58 Å². The van der Waals surface area contributed by atoms with Gasteiger partial charge in [0.25, 0.3) is 5.91 Å². The van der Waals surface area contributed by atoms with Crippen LogP contribution in [0, 0.1) is 0 Å². The van der Waals surface area contributed by atoms with Crippen LogP contribution in [0.3, 0.4) is 0 Å². The third-order valence-electron chi connectivity index (χ3n) is 4.48. The van der Waals surface area contributed by atoms with Crippen LogP contribution in [0.1, 0.15) is 25.8 Å². The summed E-state index contributed by atoms with van der Waals surface area (Å²) in [6.07, 6.45) is 2.23. The topological polar surface area (TPSA) is 97.6 Å². The van der Waals surface area contributed by atoms with E-state index < -0.39 is 24.5 Å². The maximum Gasteiger partial charge on any atom is 0.321 e. The number of fused-ring (bicyclic) bond motifs is 3. The summed E-state index contributed by atoms with van der Waals surface area (Å²) in [5.41, 5.74) is 1.37. The fraction of sp³-hybridized carbons (Fsp3) is 0.286. The van der Waals surface area contributed by atoms with Crippen molar-refractivity contribution in [2.45, 2.75) is 32.7 Å². The summed E-state index contributed by atoms with van der Waals surface area (Å²) < 4.78 is 10.5. The molecule has 3 rings (SSSR count). The van der Waals surface area contributed by atoms with Gasteiger partial charge in [0, 0.05) is 17.0 Å². The van der Waals surface area contributed by atoms with Crippen LogP contribution in [0.2, 0.25) is 0 Å². The lowest BCUT2D eigenvalue weighted by molar-refractivity contribution is -0.147. The molecule has 2 N–H and O–H groups in total. The van der Waals surface area contributed by atoms with E-state index in [2.05, 4.69) is 10.6 Å². The molecule has 0 saturated heterocycles. The summed E-state index contributed by atoms with van der Waals surface area (Å²) in [5, 5.41) is 7.60. The highest BCUT2D eigenvalue weighted by Crippen LogP contribution is 2.30. The van der Waals surface area contributed by atoms with Crippen LogP contribution >= 0.6 is 0 Å². The first-order valence-electron chi connectivity index (χ1n) is 9.11. The average molecular weight is 382 g/mol. The lowest BCUT2D eigenvalue weighted by atomic mass is 10.0. The number of benzene rings is 2. The Hall–Kier alpha value is -3.35. The third-order valence-corrected chi connectivity index (χ3v) is 4.48. The molecule has 0 aliphatic carbocycles. The van der Waals surface area contributed by atoms with Crippen molar-refractivity contribution in [1.82, 2.24) is 10.6 Å². The molecule has 0 aliphatic heterocycles. The molecule has 0 saturated carbocycles. The van der Waals surface area contributed by atoms with Crippen LogP contribution in [0.15, 0.2) is 47.1 Å². The Morgan fingerprint density at radius 1 is 1.14 bits per heavy atom. The van der Waals surface area contributed by atoms with Gasteiger partial charge in [-0.05, 0) is 30.2 Å². The first-order chi connectivity index (χ1) is 13.5. The van der Waals surface area contributed by atoms with E-state index in [1.165, 1.54) is 6.26 Å². The SMILES string of the molecule is CC[C@@H](C)NC(=O)NC(=O)COC(=O)Cc1coc2ccc3ccccc3c12. The molecular formula is C21H22N2O5. The molecule has 2 aromatic carbocycles. The number of imide groups is 1. The van der Waals surface area contributed by atoms with Crippen LogP contribution in [0.25, 0.3) is 21.7 Å². The van der Waals surface area contributed by atoms with Gasteiger partial charge in [0.15, 0.2) is 6.61 Å². The Labute approximate surface area is 162 Å². The Balaban J connectivity index is 1.60. The molecule has 28 heavy (non-hydrogen) atoms. The average Bonchev–Trinajstić information content (AvgIpc) is 3.09. The highest BCUT2D eigenvalue weighted by molar-refractivity contribution is 6.08. The molecule has 3 amide bonds. The molecule has 7 heteroatoms. The summed E-state index contributed by atoms with van der Waals surface area (Å²) in [7, 11) is 0. The molecular weight excluding hydrogens is 360 g/mol. The lowest BCUT2D eigenvalue weighted by Crippen LogP contribution is -2.44. The largest absolute Gasteiger partial charge is 0.464 e. The van der Waals surface area contributed by atoms with E-state index in [4.69, 9.17) is 9.15 Å². The van der Waals surface area contributed by atoms with E-state index in [-0.39, 0.29) is 12.5 Å². The predicted molar refractivity (Wildman–Crippen MR) is 105 cm³/mol. The van der Waals surface area contributed by atoms with Crippen molar-refractivity contribution in [3.8, 4) is 0 Å². The molecule has 1 atom stereocenters. The van der Waals surface area contributed by atoms with Crippen molar-refractivity contribution in [2.24, 2.45) is 0 Å².